The molecule has 378 valence electrons. The van der Waals surface area contributed by atoms with Crippen LogP contribution in [0, 0.1) is 22.7 Å². The summed E-state index contributed by atoms with van der Waals surface area (Å²) in [5.74, 6) is -58.2. The Balaban J connectivity index is 1.16. The fourth-order valence-electron chi connectivity index (χ4n) is 6.78. The molecule has 72 heavy (non-hydrogen) atoms. The molecule has 0 bridgehead atoms. The maximum absolute atomic E-state index is 14.7. The van der Waals surface area contributed by atoms with E-state index in [1.54, 1.807) is 79.4 Å². The number of ether oxygens (including phenoxy) is 1. The molecule has 4 nitrogen and oxygen atoms in total. The second-order valence-electron chi connectivity index (χ2n) is 15.7. The Morgan fingerprint density at radius 3 is 1.15 bits per heavy atom. The minimum atomic E-state index is -8.73. The van der Waals surface area contributed by atoms with Gasteiger partial charge in [-0.15, -0.1) is 45.3 Å². The molecule has 0 atom stereocenters. The average Bonchev–Trinajstić information content (AvgIpc) is 4.09. The Labute approximate surface area is 411 Å². The van der Waals surface area contributed by atoms with Crippen molar-refractivity contribution in [3.05, 3.63) is 118 Å². The first kappa shape index (κ1) is 53.6. The summed E-state index contributed by atoms with van der Waals surface area (Å²) in [6, 6.07) is 29.8. The molecule has 0 saturated carbocycles. The molecule has 0 aliphatic carbocycles. The van der Waals surface area contributed by atoms with Gasteiger partial charge < -0.3 is 9.64 Å². The summed E-state index contributed by atoms with van der Waals surface area (Å²) < 4.78 is 243. The summed E-state index contributed by atoms with van der Waals surface area (Å²) >= 11 is 5.93. The molecule has 0 spiro atoms. The molecule has 4 aromatic heterocycles. The fourth-order valence-corrected chi connectivity index (χ4v) is 11.6. The third kappa shape index (κ3) is 9.28. The van der Waals surface area contributed by atoms with E-state index in [2.05, 4.69) is 16.9 Å². The Hall–Kier alpha value is -6.15. The molecule has 0 saturated heterocycles. The van der Waals surface area contributed by atoms with Crippen molar-refractivity contribution >= 4 is 93.4 Å². The van der Waals surface area contributed by atoms with E-state index >= 15 is 0 Å². The molecular weight excluding hydrogens is 1070 g/mol. The van der Waals surface area contributed by atoms with Gasteiger partial charge in [-0.05, 0) is 110 Å². The van der Waals surface area contributed by atoms with Gasteiger partial charge in [-0.1, -0.05) is 24.3 Å². The number of hydrogen-bond acceptors (Lipinski definition) is 8. The SMILES string of the molecule is C/C(C#N)=C/c1cc2sc(-c3ccc(N(c4ccc(OCC(F)(F)C(F)(F)C(F)(F)C(F)(F)C(F)(F)C(F)(F)C(F)(F)C(F)(F)F)cc4)c4ccc(-c5cc6sc(/C=C(/C)C#N)cc6s5)cc4)cc3)cc2s1. The molecule has 7 rings (SSSR count). The zero-order valence-electron chi connectivity index (χ0n) is 35.9. The van der Waals surface area contributed by atoms with Gasteiger partial charge in [0.25, 0.3) is 0 Å². The van der Waals surface area contributed by atoms with Gasteiger partial charge in [0.05, 0.1) is 12.1 Å². The van der Waals surface area contributed by atoms with Crippen LogP contribution in [0.5, 0.6) is 5.75 Å². The van der Waals surface area contributed by atoms with E-state index in [4.69, 9.17) is 10.5 Å². The van der Waals surface area contributed by atoms with Gasteiger partial charge in [0.1, 0.15) is 5.75 Å². The van der Waals surface area contributed by atoms with Crippen molar-refractivity contribution in [1.82, 2.24) is 0 Å². The lowest BCUT2D eigenvalue weighted by Crippen LogP contribution is -2.74. The van der Waals surface area contributed by atoms with Crippen LogP contribution in [0.3, 0.4) is 0 Å². The predicted octanol–water partition coefficient (Wildman–Crippen LogP) is 18.3. The van der Waals surface area contributed by atoms with Crippen LogP contribution in [0.2, 0.25) is 0 Å². The molecule has 0 amide bonds. The summed E-state index contributed by atoms with van der Waals surface area (Å²) in [6.45, 7) is 0.282. The number of rotatable bonds is 16. The zero-order chi connectivity index (χ0) is 53.2. The van der Waals surface area contributed by atoms with Gasteiger partial charge in [0.15, 0.2) is 6.61 Å². The molecular formula is C47H26F17N3OS4. The van der Waals surface area contributed by atoms with E-state index in [1.165, 1.54) is 45.3 Å². The minimum Gasteiger partial charge on any atom is -0.487 e. The molecule has 0 aliphatic heterocycles. The average molecular weight is 1100 g/mol. The van der Waals surface area contributed by atoms with Crippen LogP contribution in [-0.2, 0) is 0 Å². The van der Waals surface area contributed by atoms with Crippen LogP contribution in [0.1, 0.15) is 23.6 Å². The highest BCUT2D eigenvalue weighted by Crippen LogP contribution is 2.64. The second-order valence-corrected chi connectivity index (χ2v) is 20.1. The maximum Gasteiger partial charge on any atom is 0.460 e. The summed E-state index contributed by atoms with van der Waals surface area (Å²) in [4.78, 5) is 5.15. The highest BCUT2D eigenvalue weighted by molar-refractivity contribution is 7.30. The minimum absolute atomic E-state index is 0.194. The molecule has 3 aromatic carbocycles. The van der Waals surface area contributed by atoms with E-state index in [0.29, 0.717) is 22.5 Å². The number of halogens is 17. The first-order valence-electron chi connectivity index (χ1n) is 20.0. The fraction of sp³-hybridized carbons (Fsp3) is 0.234. The summed E-state index contributed by atoms with van der Waals surface area (Å²) in [5.41, 5.74) is 3.75. The quantitative estimate of drug-likeness (QED) is 0.0715. The molecule has 0 unspecified atom stereocenters. The first-order valence-corrected chi connectivity index (χ1v) is 23.3. The Bertz CT molecular complexity index is 3070. The number of nitriles is 2. The number of fused-ring (bicyclic) bond motifs is 2. The normalized spacial score (nSPS) is 14.0. The van der Waals surface area contributed by atoms with E-state index in [1.807, 2.05) is 24.3 Å². The van der Waals surface area contributed by atoms with Crippen molar-refractivity contribution < 1.29 is 79.4 Å². The van der Waals surface area contributed by atoms with Crippen LogP contribution in [0.15, 0.2) is 108 Å². The Morgan fingerprint density at radius 1 is 0.472 bits per heavy atom. The van der Waals surface area contributed by atoms with Crippen molar-refractivity contribution in [3.8, 4) is 38.8 Å². The number of allylic oxidation sites excluding steroid dienone is 2. The third-order valence-corrected chi connectivity index (χ3v) is 15.2. The van der Waals surface area contributed by atoms with Crippen LogP contribution in [0.4, 0.5) is 91.7 Å². The van der Waals surface area contributed by atoms with E-state index < -0.39 is 60.0 Å². The van der Waals surface area contributed by atoms with Gasteiger partial charge in [-0.25, -0.2) is 0 Å². The van der Waals surface area contributed by atoms with Crippen LogP contribution in [0.25, 0.3) is 51.8 Å². The van der Waals surface area contributed by atoms with Crippen LogP contribution >= 0.6 is 45.3 Å². The maximum atomic E-state index is 14.7. The number of benzene rings is 3. The highest BCUT2D eigenvalue weighted by Gasteiger charge is 2.95. The van der Waals surface area contributed by atoms with Gasteiger partial charge in [0.2, 0.25) is 0 Å². The predicted molar refractivity (Wildman–Crippen MR) is 243 cm³/mol. The van der Waals surface area contributed by atoms with E-state index in [-0.39, 0.29) is 5.69 Å². The zero-order valence-corrected chi connectivity index (χ0v) is 39.2. The first-order chi connectivity index (χ1) is 33.3. The summed E-state index contributed by atoms with van der Waals surface area (Å²) in [7, 11) is 0. The van der Waals surface area contributed by atoms with Gasteiger partial charge in [-0.3, -0.25) is 0 Å². The lowest BCUT2D eigenvalue weighted by Gasteiger charge is -2.42. The van der Waals surface area contributed by atoms with Gasteiger partial charge in [-0.2, -0.15) is 85.2 Å². The highest BCUT2D eigenvalue weighted by atomic mass is 32.1. The lowest BCUT2D eigenvalue weighted by atomic mass is 9.89. The summed E-state index contributed by atoms with van der Waals surface area (Å²) in [5, 5.41) is 18.3. The molecule has 25 heteroatoms. The van der Waals surface area contributed by atoms with Crippen LogP contribution in [-0.4, -0.2) is 54.2 Å². The summed E-state index contributed by atoms with van der Waals surface area (Å²) in [6.07, 6.45) is -4.33. The Kier molecular flexibility index (Phi) is 13.9. The molecule has 0 N–H and O–H groups in total. The number of thiophene rings is 4. The smallest absolute Gasteiger partial charge is 0.460 e. The topological polar surface area (TPSA) is 60.1 Å². The monoisotopic (exact) mass is 1100 g/mol. The molecule has 4 heterocycles. The molecule has 0 radical (unpaired) electrons. The van der Waals surface area contributed by atoms with Gasteiger partial charge >= 0.3 is 47.6 Å². The number of hydrogen-bond donors (Lipinski definition) is 0. The lowest BCUT2D eigenvalue weighted by molar-refractivity contribution is -0.462. The number of alkyl halides is 17. The molecule has 0 aliphatic rings. The van der Waals surface area contributed by atoms with E-state index in [0.717, 1.165) is 73.7 Å². The molecule has 0 fully saturated rings. The number of nitrogens with zero attached hydrogens (tertiary/aromatic N) is 3. The third-order valence-electron chi connectivity index (χ3n) is 10.6. The van der Waals surface area contributed by atoms with Crippen LogP contribution < -0.4 is 9.64 Å². The van der Waals surface area contributed by atoms with Gasteiger partial charge in [0, 0.05) is 66.5 Å². The van der Waals surface area contributed by atoms with Crippen molar-refractivity contribution in [2.75, 3.05) is 11.5 Å². The van der Waals surface area contributed by atoms with Crippen molar-refractivity contribution in [2.45, 2.75) is 61.5 Å². The van der Waals surface area contributed by atoms with Crippen molar-refractivity contribution in [1.29, 1.82) is 10.5 Å². The Morgan fingerprint density at radius 2 is 0.806 bits per heavy atom. The standard InChI is InChI=1S/C47H26F17N3OS4/c1-24(21-65)15-32-17-36-38(69-32)19-34(71-36)26-3-7-28(8-4-26)67(29-9-5-27(6-10-29)35-20-39-37(72-35)18-33(70-39)16-25(2)22-66)30-11-13-31(14-12-30)68-23-40(48,49)41(50,51)42(52,53)43(54,55)44(56,57)45(58,59)46(60,61)47(62,63)64/h3-20H,23H2,1-2H3/b24-15-,25-16-. The van der Waals surface area contributed by atoms with Crippen molar-refractivity contribution in [3.63, 3.8) is 0 Å². The second kappa shape index (κ2) is 18.7. The molecule has 7 aromatic rings. The van der Waals surface area contributed by atoms with E-state index in [9.17, 15) is 74.6 Å². The van der Waals surface area contributed by atoms with Crippen molar-refractivity contribution in [2.24, 2.45) is 0 Å². The number of anilines is 3. The largest absolute Gasteiger partial charge is 0.487 e.